The summed E-state index contributed by atoms with van der Waals surface area (Å²) >= 11 is 0. The van der Waals surface area contributed by atoms with E-state index < -0.39 is 8.80 Å². The summed E-state index contributed by atoms with van der Waals surface area (Å²) in [4.78, 5) is 17.1. The second-order valence-corrected chi connectivity index (χ2v) is 13.5. The van der Waals surface area contributed by atoms with Crippen molar-refractivity contribution in [2.75, 3.05) is 4.90 Å². The molecule has 9 rings (SSSR count). The number of oxazole rings is 1. The standard InChI is InChI=1S/C39H25N4O2Si.Co/c1-3-14-27(15-4-1)46(28-16-5-2-6-17-28)35-23-12-22-33-37(35)42-39(45-33)43-31-20-7-8-21-32(31)44-34-25-26-13-11-18-29(36(26)41-38(34)43)30-19-9-10-24-40-30;/h1-25H;. The van der Waals surface area contributed by atoms with Gasteiger partial charge in [0.05, 0.1) is 16.9 Å². The Kier molecular flexibility index (Phi) is 7.37. The maximum atomic E-state index is 6.63. The second kappa shape index (κ2) is 12.0. The zero-order chi connectivity index (χ0) is 30.5. The van der Waals surface area contributed by atoms with Gasteiger partial charge < -0.3 is 9.15 Å². The summed E-state index contributed by atoms with van der Waals surface area (Å²) < 4.78 is 13.1. The van der Waals surface area contributed by atoms with E-state index in [-0.39, 0.29) is 16.8 Å². The number of fused-ring (bicyclic) bond motifs is 4. The zero-order valence-electron chi connectivity index (χ0n) is 24.9. The number of ether oxygens (including phenoxy) is 1. The molecule has 0 saturated heterocycles. The summed E-state index contributed by atoms with van der Waals surface area (Å²) in [7, 11) is -1.39. The van der Waals surface area contributed by atoms with Crippen LogP contribution in [0.15, 0.2) is 156 Å². The summed E-state index contributed by atoms with van der Waals surface area (Å²) in [5, 5.41) is 4.70. The van der Waals surface area contributed by atoms with E-state index in [4.69, 9.17) is 19.1 Å². The number of para-hydroxylation sites is 4. The van der Waals surface area contributed by atoms with E-state index in [1.165, 1.54) is 15.6 Å². The number of hydrogen-bond donors (Lipinski definition) is 0. The Morgan fingerprint density at radius 3 is 2.09 bits per heavy atom. The average Bonchev–Trinajstić information content (AvgIpc) is 3.56. The van der Waals surface area contributed by atoms with Gasteiger partial charge in [-0.2, -0.15) is 4.98 Å². The van der Waals surface area contributed by atoms with Crippen molar-refractivity contribution in [3.8, 4) is 22.8 Å². The molecule has 2 radical (unpaired) electrons. The molecule has 3 aromatic heterocycles. The third kappa shape index (κ3) is 4.99. The van der Waals surface area contributed by atoms with Crippen LogP contribution in [0.25, 0.3) is 33.3 Å². The van der Waals surface area contributed by atoms with Crippen LogP contribution in [0.5, 0.6) is 11.5 Å². The molecule has 0 bridgehead atoms. The zero-order valence-corrected chi connectivity index (χ0v) is 26.9. The van der Waals surface area contributed by atoms with Crippen LogP contribution in [0.4, 0.5) is 17.5 Å². The van der Waals surface area contributed by atoms with Crippen molar-refractivity contribution in [3.63, 3.8) is 0 Å². The minimum Gasteiger partial charge on any atom is -0.451 e. The molecule has 0 aliphatic carbocycles. The quantitative estimate of drug-likeness (QED) is 0.140. The average molecular weight is 669 g/mol. The molecule has 226 valence electrons. The van der Waals surface area contributed by atoms with E-state index >= 15 is 0 Å². The van der Waals surface area contributed by atoms with Gasteiger partial charge in [0, 0.05) is 33.9 Å². The van der Waals surface area contributed by atoms with E-state index in [0.29, 0.717) is 23.3 Å². The monoisotopic (exact) mass is 668 g/mol. The summed E-state index contributed by atoms with van der Waals surface area (Å²) in [6.07, 6.45) is 1.80. The summed E-state index contributed by atoms with van der Waals surface area (Å²) in [5.41, 5.74) is 5.00. The molecule has 8 heteroatoms. The molecule has 0 saturated carbocycles. The molecule has 47 heavy (non-hydrogen) atoms. The number of aromatic nitrogens is 3. The van der Waals surface area contributed by atoms with Crippen LogP contribution in [-0.2, 0) is 16.8 Å². The minimum absolute atomic E-state index is 0. The van der Waals surface area contributed by atoms with Gasteiger partial charge in [0.1, 0.15) is 5.52 Å². The van der Waals surface area contributed by atoms with Crippen molar-refractivity contribution in [1.82, 2.24) is 15.0 Å². The molecule has 5 aromatic carbocycles. The predicted molar refractivity (Wildman–Crippen MR) is 185 cm³/mol. The summed E-state index contributed by atoms with van der Waals surface area (Å²) in [6, 6.07) is 50.1. The van der Waals surface area contributed by atoms with Crippen LogP contribution < -0.4 is 25.2 Å². The van der Waals surface area contributed by atoms with E-state index in [0.717, 1.165) is 38.9 Å². The molecular formula is C39H25CoN4O2Si. The third-order valence-electron chi connectivity index (χ3n) is 8.26. The van der Waals surface area contributed by atoms with Crippen LogP contribution in [-0.4, -0.2) is 23.7 Å². The topological polar surface area (TPSA) is 64.3 Å². The molecule has 0 spiro atoms. The number of hydrogen-bond acceptors (Lipinski definition) is 6. The summed E-state index contributed by atoms with van der Waals surface area (Å²) in [6.45, 7) is 0. The van der Waals surface area contributed by atoms with Gasteiger partial charge in [-0.05, 0) is 41.6 Å². The number of nitrogens with zero attached hydrogens (tertiary/aromatic N) is 4. The molecule has 8 aromatic rings. The van der Waals surface area contributed by atoms with Gasteiger partial charge in [-0.15, -0.1) is 0 Å². The van der Waals surface area contributed by atoms with Crippen LogP contribution >= 0.6 is 0 Å². The normalized spacial score (nSPS) is 12.0. The van der Waals surface area contributed by atoms with Crippen LogP contribution in [0.1, 0.15) is 0 Å². The van der Waals surface area contributed by atoms with E-state index in [2.05, 4.69) is 83.8 Å². The van der Waals surface area contributed by atoms with Gasteiger partial charge in [0.25, 0.3) is 0 Å². The Morgan fingerprint density at radius 1 is 0.596 bits per heavy atom. The van der Waals surface area contributed by atoms with Gasteiger partial charge in [-0.3, -0.25) is 4.98 Å². The number of anilines is 3. The third-order valence-corrected chi connectivity index (χ3v) is 11.0. The molecule has 0 fully saturated rings. The maximum Gasteiger partial charge on any atom is 0.309 e. The molecular weight excluding hydrogens is 643 g/mol. The van der Waals surface area contributed by atoms with Crippen molar-refractivity contribution < 1.29 is 25.9 Å². The van der Waals surface area contributed by atoms with Gasteiger partial charge in [-0.1, -0.05) is 120 Å². The SMILES string of the molecule is [Co].c1ccc([Si](c2ccccc2)c2cccc3oc(N4c5ccccc5Oc5cc6cccc(-c7ccccn7)c6nc54)nc23)cc1. The molecule has 6 nitrogen and oxygen atoms in total. The molecule has 0 amide bonds. The Balaban J connectivity index is 0.00000324. The molecule has 0 atom stereocenters. The van der Waals surface area contributed by atoms with Gasteiger partial charge in [0.15, 0.2) is 31.7 Å². The van der Waals surface area contributed by atoms with Gasteiger partial charge in [0.2, 0.25) is 0 Å². The van der Waals surface area contributed by atoms with Crippen molar-refractivity contribution in [2.24, 2.45) is 0 Å². The van der Waals surface area contributed by atoms with E-state index in [1.54, 1.807) is 6.20 Å². The van der Waals surface area contributed by atoms with Crippen molar-refractivity contribution in [2.45, 2.75) is 0 Å². The van der Waals surface area contributed by atoms with Gasteiger partial charge in [-0.25, -0.2) is 9.88 Å². The van der Waals surface area contributed by atoms with Crippen LogP contribution in [0.2, 0.25) is 0 Å². The largest absolute Gasteiger partial charge is 0.451 e. The molecule has 1 aliphatic rings. The second-order valence-electron chi connectivity index (χ2n) is 11.1. The first-order chi connectivity index (χ1) is 22.8. The fraction of sp³-hybridized carbons (Fsp3) is 0. The number of rotatable bonds is 5. The Labute approximate surface area is 283 Å². The fourth-order valence-electron chi connectivity index (χ4n) is 6.21. The number of benzene rings is 5. The Bertz CT molecular complexity index is 2330. The maximum absolute atomic E-state index is 6.63. The van der Waals surface area contributed by atoms with Crippen molar-refractivity contribution >= 4 is 63.9 Å². The number of pyridine rings is 2. The van der Waals surface area contributed by atoms with Crippen LogP contribution in [0, 0.1) is 0 Å². The van der Waals surface area contributed by atoms with Crippen molar-refractivity contribution in [3.05, 3.63) is 152 Å². The summed E-state index contributed by atoms with van der Waals surface area (Å²) in [5.74, 6) is 1.95. The first-order valence-electron chi connectivity index (χ1n) is 15.1. The predicted octanol–water partition coefficient (Wildman–Crippen LogP) is 7.53. The smallest absolute Gasteiger partial charge is 0.309 e. The minimum atomic E-state index is -1.39. The Morgan fingerprint density at radius 2 is 1.32 bits per heavy atom. The van der Waals surface area contributed by atoms with Crippen LogP contribution in [0.3, 0.4) is 0 Å². The van der Waals surface area contributed by atoms with Crippen molar-refractivity contribution in [1.29, 1.82) is 0 Å². The van der Waals surface area contributed by atoms with E-state index in [9.17, 15) is 0 Å². The first kappa shape index (κ1) is 28.9. The Hall–Kier alpha value is -5.55. The molecule has 0 unspecified atom stereocenters. The first-order valence-corrected chi connectivity index (χ1v) is 16.6. The molecule has 4 heterocycles. The fourth-order valence-corrected chi connectivity index (χ4v) is 8.90. The molecule has 0 N–H and O–H groups in total. The van der Waals surface area contributed by atoms with Gasteiger partial charge >= 0.3 is 6.01 Å². The van der Waals surface area contributed by atoms with E-state index in [1.807, 2.05) is 71.6 Å². The molecule has 1 aliphatic heterocycles.